The van der Waals surface area contributed by atoms with Gasteiger partial charge in [0.25, 0.3) is 10.0 Å². The second kappa shape index (κ2) is 5.84. The van der Waals surface area contributed by atoms with E-state index in [1.807, 2.05) is 0 Å². The highest BCUT2D eigenvalue weighted by Gasteiger charge is 2.21. The number of rotatable bonds is 3. The second-order valence-electron chi connectivity index (χ2n) is 3.99. The molecule has 0 spiro atoms. The first-order valence-electron chi connectivity index (χ1n) is 5.24. The van der Waals surface area contributed by atoms with Crippen molar-refractivity contribution in [3.63, 3.8) is 0 Å². The van der Waals surface area contributed by atoms with Crippen LogP contribution in [0.5, 0.6) is 0 Å². The van der Waals surface area contributed by atoms with Crippen molar-refractivity contribution in [2.75, 3.05) is 10.5 Å². The van der Waals surface area contributed by atoms with E-state index in [0.717, 1.165) is 16.9 Å². The summed E-state index contributed by atoms with van der Waals surface area (Å²) < 4.78 is 28.9. The number of halogens is 3. The van der Waals surface area contributed by atoms with Crippen LogP contribution in [0.3, 0.4) is 0 Å². The van der Waals surface area contributed by atoms with Crippen molar-refractivity contribution in [1.29, 1.82) is 0 Å². The van der Waals surface area contributed by atoms with Crippen molar-refractivity contribution >= 4 is 76.2 Å². The van der Waals surface area contributed by atoms with Crippen LogP contribution in [0.2, 0.25) is 4.34 Å². The van der Waals surface area contributed by atoms with E-state index in [1.165, 1.54) is 6.07 Å². The third-order valence-electron chi connectivity index (χ3n) is 2.40. The standard InChI is InChI=1S/C11H9Br2ClN2O2S2/c1-5-2-9(19-11(5)14)20(17,18)16-10-7(12)3-6(15)4-8(10)13/h2-4,16H,15H2,1H3. The number of hydrogen-bond donors (Lipinski definition) is 2. The third-order valence-corrected chi connectivity index (χ3v) is 7.03. The van der Waals surface area contributed by atoms with Gasteiger partial charge in [-0.25, -0.2) is 8.42 Å². The van der Waals surface area contributed by atoms with Gasteiger partial charge in [0.05, 0.1) is 10.0 Å². The Labute approximate surface area is 142 Å². The van der Waals surface area contributed by atoms with Gasteiger partial charge in [-0.2, -0.15) is 0 Å². The summed E-state index contributed by atoms with van der Waals surface area (Å²) in [6.45, 7) is 1.76. The van der Waals surface area contributed by atoms with Gasteiger partial charge in [-0.3, -0.25) is 4.72 Å². The maximum Gasteiger partial charge on any atom is 0.271 e. The number of nitrogen functional groups attached to an aromatic ring is 1. The van der Waals surface area contributed by atoms with Crippen LogP contribution < -0.4 is 10.5 Å². The number of anilines is 2. The van der Waals surface area contributed by atoms with Crippen molar-refractivity contribution in [1.82, 2.24) is 0 Å². The van der Waals surface area contributed by atoms with Gasteiger partial charge in [0.2, 0.25) is 0 Å². The molecule has 0 atom stereocenters. The molecule has 1 aromatic heterocycles. The second-order valence-corrected chi connectivity index (χ2v) is 9.26. The Bertz CT molecular complexity index is 732. The Morgan fingerprint density at radius 2 is 1.80 bits per heavy atom. The van der Waals surface area contributed by atoms with Crippen LogP contribution in [-0.2, 0) is 10.0 Å². The van der Waals surface area contributed by atoms with E-state index in [1.54, 1.807) is 19.1 Å². The van der Waals surface area contributed by atoms with Crippen LogP contribution in [0, 0.1) is 6.92 Å². The van der Waals surface area contributed by atoms with Crippen molar-refractivity contribution in [2.24, 2.45) is 0 Å². The lowest BCUT2D eigenvalue weighted by molar-refractivity contribution is 0.603. The van der Waals surface area contributed by atoms with E-state index < -0.39 is 10.0 Å². The fourth-order valence-electron chi connectivity index (χ4n) is 1.44. The average molecular weight is 461 g/mol. The van der Waals surface area contributed by atoms with Crippen LogP contribution >= 0.6 is 54.8 Å². The smallest absolute Gasteiger partial charge is 0.271 e. The number of hydrogen-bond acceptors (Lipinski definition) is 4. The zero-order chi connectivity index (χ0) is 15.1. The van der Waals surface area contributed by atoms with Crippen molar-refractivity contribution in [3.8, 4) is 0 Å². The summed E-state index contributed by atoms with van der Waals surface area (Å²) in [6.07, 6.45) is 0. The van der Waals surface area contributed by atoms with Crippen molar-refractivity contribution in [2.45, 2.75) is 11.1 Å². The quantitative estimate of drug-likeness (QED) is 0.657. The molecule has 4 nitrogen and oxygen atoms in total. The summed E-state index contributed by atoms with van der Waals surface area (Å²) >= 11 is 13.5. The molecule has 108 valence electrons. The number of nitrogens with one attached hydrogen (secondary N) is 1. The molecule has 0 saturated carbocycles. The van der Waals surface area contributed by atoms with E-state index in [-0.39, 0.29) is 4.21 Å². The summed E-state index contributed by atoms with van der Waals surface area (Å²) in [5, 5.41) is 0. The molecule has 20 heavy (non-hydrogen) atoms. The minimum absolute atomic E-state index is 0.163. The van der Waals surface area contributed by atoms with Crippen LogP contribution in [-0.4, -0.2) is 8.42 Å². The number of sulfonamides is 1. The molecule has 0 saturated heterocycles. The average Bonchev–Trinajstić information content (AvgIpc) is 2.65. The fourth-order valence-corrected chi connectivity index (χ4v) is 5.93. The van der Waals surface area contributed by atoms with Crippen molar-refractivity contribution < 1.29 is 8.42 Å². The first-order valence-corrected chi connectivity index (χ1v) is 9.50. The maximum absolute atomic E-state index is 12.3. The van der Waals surface area contributed by atoms with E-state index >= 15 is 0 Å². The number of thiophene rings is 1. The van der Waals surface area contributed by atoms with Gasteiger partial charge in [-0.1, -0.05) is 11.6 Å². The van der Waals surface area contributed by atoms with Gasteiger partial charge in [0, 0.05) is 14.6 Å². The molecule has 0 aliphatic carbocycles. The zero-order valence-corrected chi connectivity index (χ0v) is 15.6. The van der Waals surface area contributed by atoms with E-state index in [0.29, 0.717) is 24.7 Å². The Hall–Kier alpha value is -0.280. The molecule has 0 bridgehead atoms. The molecule has 0 unspecified atom stereocenters. The van der Waals surface area contributed by atoms with E-state index in [2.05, 4.69) is 36.6 Å². The molecule has 0 fully saturated rings. The highest BCUT2D eigenvalue weighted by atomic mass is 79.9. The first kappa shape index (κ1) is 16.1. The summed E-state index contributed by atoms with van der Waals surface area (Å²) in [5.41, 5.74) is 7.31. The van der Waals surface area contributed by atoms with E-state index in [4.69, 9.17) is 17.3 Å². The highest BCUT2D eigenvalue weighted by molar-refractivity contribution is 9.11. The van der Waals surface area contributed by atoms with Crippen LogP contribution in [0.15, 0.2) is 31.4 Å². The van der Waals surface area contributed by atoms with Gasteiger partial charge in [0.1, 0.15) is 4.21 Å². The Morgan fingerprint density at radius 1 is 1.25 bits per heavy atom. The molecular formula is C11H9Br2ClN2O2S2. The van der Waals surface area contributed by atoms with E-state index in [9.17, 15) is 8.42 Å². The third kappa shape index (κ3) is 3.30. The first-order chi connectivity index (χ1) is 9.20. The highest BCUT2D eigenvalue weighted by Crippen LogP contribution is 2.37. The van der Waals surface area contributed by atoms with Crippen LogP contribution in [0.25, 0.3) is 0 Å². The SMILES string of the molecule is Cc1cc(S(=O)(=O)Nc2c(Br)cc(N)cc2Br)sc1Cl. The Kier molecular flexibility index (Phi) is 4.70. The van der Waals surface area contributed by atoms with Crippen molar-refractivity contribution in [3.05, 3.63) is 37.0 Å². The lowest BCUT2D eigenvalue weighted by atomic mass is 10.3. The largest absolute Gasteiger partial charge is 0.399 e. The Balaban J connectivity index is 2.43. The molecule has 0 aliphatic heterocycles. The van der Waals surface area contributed by atoms with Crippen LogP contribution in [0.1, 0.15) is 5.56 Å². The van der Waals surface area contributed by atoms with Gasteiger partial charge in [-0.05, 0) is 62.5 Å². The summed E-state index contributed by atoms with van der Waals surface area (Å²) in [5.74, 6) is 0. The summed E-state index contributed by atoms with van der Waals surface area (Å²) in [7, 11) is -3.69. The molecular weight excluding hydrogens is 452 g/mol. The molecule has 0 radical (unpaired) electrons. The van der Waals surface area contributed by atoms with Gasteiger partial charge in [-0.15, -0.1) is 11.3 Å². The molecule has 9 heteroatoms. The summed E-state index contributed by atoms with van der Waals surface area (Å²) in [6, 6.07) is 4.78. The maximum atomic E-state index is 12.3. The number of nitrogens with two attached hydrogens (primary N) is 1. The minimum atomic E-state index is -3.69. The molecule has 3 N–H and O–H groups in total. The molecule has 0 amide bonds. The Morgan fingerprint density at radius 3 is 2.25 bits per heavy atom. The normalized spacial score (nSPS) is 11.6. The minimum Gasteiger partial charge on any atom is -0.399 e. The predicted octanol–water partition coefficient (Wildman–Crippen LogP) is 4.62. The van der Waals surface area contributed by atoms with Gasteiger partial charge >= 0.3 is 0 Å². The number of benzene rings is 1. The monoisotopic (exact) mass is 458 g/mol. The van der Waals surface area contributed by atoms with Gasteiger partial charge in [0.15, 0.2) is 0 Å². The predicted molar refractivity (Wildman–Crippen MR) is 91.1 cm³/mol. The zero-order valence-electron chi connectivity index (χ0n) is 10.1. The molecule has 1 heterocycles. The fraction of sp³-hybridized carbons (Fsp3) is 0.0909. The lowest BCUT2D eigenvalue weighted by Gasteiger charge is -2.11. The topological polar surface area (TPSA) is 72.2 Å². The summed E-state index contributed by atoms with van der Waals surface area (Å²) in [4.78, 5) is 0. The van der Waals surface area contributed by atoms with Crippen LogP contribution in [0.4, 0.5) is 11.4 Å². The molecule has 2 aromatic rings. The molecule has 1 aromatic carbocycles. The van der Waals surface area contributed by atoms with Gasteiger partial charge < -0.3 is 5.73 Å². The lowest BCUT2D eigenvalue weighted by Crippen LogP contribution is -2.12. The number of aryl methyl sites for hydroxylation is 1. The molecule has 0 aliphatic rings. The molecule has 2 rings (SSSR count).